The first kappa shape index (κ1) is 32.7. The molecule has 0 radical (unpaired) electrons. The van der Waals surface area contributed by atoms with Gasteiger partial charge in [-0.25, -0.2) is 4.98 Å². The molecule has 0 N–H and O–H groups in total. The summed E-state index contributed by atoms with van der Waals surface area (Å²) in [6.45, 7) is 0. The Bertz CT molecular complexity index is 3130. The normalized spacial score (nSPS) is 11.5. The molecule has 0 aliphatic heterocycles. The molecule has 57 heavy (non-hydrogen) atoms. The van der Waals surface area contributed by atoms with Crippen molar-refractivity contribution in [2.75, 3.05) is 4.90 Å². The summed E-state index contributed by atoms with van der Waals surface area (Å²) in [5.74, 6) is 0.545. The zero-order chi connectivity index (χ0) is 37.7. The lowest BCUT2D eigenvalue weighted by molar-refractivity contribution is 0.616. The number of nitrogens with zero attached hydrogens (tertiary/aromatic N) is 2. The Morgan fingerprint density at radius 2 is 0.930 bits per heavy atom. The lowest BCUT2D eigenvalue weighted by Crippen LogP contribution is -2.10. The van der Waals surface area contributed by atoms with Crippen molar-refractivity contribution in [1.82, 2.24) is 4.98 Å². The van der Waals surface area contributed by atoms with Crippen LogP contribution in [0.15, 0.2) is 215 Å². The van der Waals surface area contributed by atoms with E-state index < -0.39 is 0 Å². The molecule has 0 aliphatic carbocycles. The number of para-hydroxylation sites is 2. The molecule has 4 heteroatoms. The van der Waals surface area contributed by atoms with Crippen LogP contribution in [-0.2, 0) is 0 Å². The number of hydrogen-bond donors (Lipinski definition) is 0. The number of aromatic nitrogens is 1. The summed E-state index contributed by atoms with van der Waals surface area (Å²) in [5, 5.41) is 4.14. The van der Waals surface area contributed by atoms with Crippen LogP contribution in [0.25, 0.3) is 88.6 Å². The van der Waals surface area contributed by atoms with Gasteiger partial charge in [0, 0.05) is 27.8 Å². The van der Waals surface area contributed by atoms with Gasteiger partial charge in [-0.15, -0.1) is 0 Å². The second kappa shape index (κ2) is 13.6. The highest BCUT2D eigenvalue weighted by molar-refractivity contribution is 6.18. The molecule has 0 aliphatic rings. The largest absolute Gasteiger partial charge is 0.455 e. The van der Waals surface area contributed by atoms with E-state index in [1.165, 1.54) is 5.56 Å². The molecule has 0 amide bonds. The van der Waals surface area contributed by atoms with Gasteiger partial charge in [-0.1, -0.05) is 140 Å². The number of anilines is 3. The maximum absolute atomic E-state index is 6.79. The van der Waals surface area contributed by atoms with Crippen molar-refractivity contribution in [2.45, 2.75) is 0 Å². The van der Waals surface area contributed by atoms with Crippen molar-refractivity contribution in [1.29, 1.82) is 0 Å². The van der Waals surface area contributed by atoms with E-state index in [0.29, 0.717) is 5.89 Å². The number of benzene rings is 9. The molecule has 2 heterocycles. The average molecular weight is 731 g/mol. The number of oxazole rings is 1. The van der Waals surface area contributed by atoms with E-state index >= 15 is 0 Å². The van der Waals surface area contributed by atoms with Crippen LogP contribution in [0.2, 0.25) is 0 Å². The van der Waals surface area contributed by atoms with Gasteiger partial charge in [0.05, 0.1) is 5.56 Å². The molecule has 0 atom stereocenters. The highest BCUT2D eigenvalue weighted by atomic mass is 16.4. The summed E-state index contributed by atoms with van der Waals surface area (Å²) >= 11 is 0. The van der Waals surface area contributed by atoms with Crippen LogP contribution in [0, 0.1) is 0 Å². The van der Waals surface area contributed by atoms with E-state index in [1.807, 2.05) is 24.3 Å². The molecular weight excluding hydrogens is 697 g/mol. The Morgan fingerprint density at radius 3 is 1.61 bits per heavy atom. The van der Waals surface area contributed by atoms with Gasteiger partial charge in [0.15, 0.2) is 5.58 Å². The third kappa shape index (κ3) is 5.83. The fraction of sp³-hybridized carbons (Fsp3) is 0. The van der Waals surface area contributed by atoms with Crippen molar-refractivity contribution in [3.63, 3.8) is 0 Å². The smallest absolute Gasteiger partial charge is 0.231 e. The molecule has 0 unspecified atom stereocenters. The van der Waals surface area contributed by atoms with Crippen molar-refractivity contribution < 1.29 is 8.83 Å². The standard InChI is InChI=1S/C53H34N2O2/c1-4-14-35(15-5-1)38-24-26-42(27-25-38)55(44-31-40(36-16-6-2-7-17-36)30-41(32-44)37-18-8-3-9-19-37)43-28-29-49-46(34-43)47-33-39-20-10-11-21-45(39)51(52(47)56-49)53-54-48-22-12-13-23-50(48)57-53/h1-34H. The van der Waals surface area contributed by atoms with Gasteiger partial charge < -0.3 is 13.7 Å². The highest BCUT2D eigenvalue weighted by Crippen LogP contribution is 2.45. The number of rotatable bonds is 7. The Labute approximate surface area is 329 Å². The van der Waals surface area contributed by atoms with Crippen LogP contribution in [0.5, 0.6) is 0 Å². The van der Waals surface area contributed by atoms with Crippen molar-refractivity contribution in [3.8, 4) is 44.8 Å². The third-order valence-corrected chi connectivity index (χ3v) is 10.9. The number of furan rings is 1. The molecule has 9 aromatic carbocycles. The molecular formula is C53H34N2O2. The molecule has 0 fully saturated rings. The first-order valence-corrected chi connectivity index (χ1v) is 19.2. The molecule has 0 saturated heterocycles. The maximum Gasteiger partial charge on any atom is 0.231 e. The predicted molar refractivity (Wildman–Crippen MR) is 235 cm³/mol. The fourth-order valence-corrected chi connectivity index (χ4v) is 8.11. The lowest BCUT2D eigenvalue weighted by atomic mass is 9.97. The fourth-order valence-electron chi connectivity index (χ4n) is 8.11. The van der Waals surface area contributed by atoms with Gasteiger partial charge in [0.25, 0.3) is 0 Å². The molecule has 2 aromatic heterocycles. The molecule has 11 rings (SSSR count). The first-order valence-electron chi connectivity index (χ1n) is 19.2. The monoisotopic (exact) mass is 730 g/mol. The topological polar surface area (TPSA) is 42.4 Å². The van der Waals surface area contributed by atoms with Crippen LogP contribution in [0.3, 0.4) is 0 Å². The SMILES string of the molecule is c1ccc(-c2ccc(N(c3cc(-c4ccccc4)cc(-c4ccccc4)c3)c3ccc4oc5c(-c6nc7ccccc7o6)c6ccccc6cc5c4c3)cc2)cc1. The van der Waals surface area contributed by atoms with E-state index in [4.69, 9.17) is 13.8 Å². The minimum atomic E-state index is 0.545. The van der Waals surface area contributed by atoms with Crippen LogP contribution >= 0.6 is 0 Å². The second-order valence-electron chi connectivity index (χ2n) is 14.4. The van der Waals surface area contributed by atoms with Gasteiger partial charge in [-0.05, 0) is 111 Å². The molecule has 268 valence electrons. The molecule has 0 bridgehead atoms. The first-order chi connectivity index (χ1) is 28.2. The number of fused-ring (bicyclic) bond motifs is 5. The molecule has 11 aromatic rings. The third-order valence-electron chi connectivity index (χ3n) is 10.9. The van der Waals surface area contributed by atoms with E-state index in [2.05, 4.69) is 187 Å². The van der Waals surface area contributed by atoms with Crippen LogP contribution in [0.4, 0.5) is 17.1 Å². The summed E-state index contributed by atoms with van der Waals surface area (Å²) in [6, 6.07) is 72.5. The van der Waals surface area contributed by atoms with Crippen molar-refractivity contribution in [3.05, 3.63) is 206 Å². The summed E-state index contributed by atoms with van der Waals surface area (Å²) in [6.07, 6.45) is 0. The van der Waals surface area contributed by atoms with Crippen LogP contribution < -0.4 is 4.90 Å². The van der Waals surface area contributed by atoms with E-state index in [0.717, 1.165) is 94.3 Å². The van der Waals surface area contributed by atoms with Gasteiger partial charge in [-0.3, -0.25) is 0 Å². The Morgan fingerprint density at radius 1 is 0.351 bits per heavy atom. The van der Waals surface area contributed by atoms with Crippen LogP contribution in [-0.4, -0.2) is 4.98 Å². The summed E-state index contributed by atoms with van der Waals surface area (Å²) < 4.78 is 13.2. The summed E-state index contributed by atoms with van der Waals surface area (Å²) in [4.78, 5) is 7.29. The quantitative estimate of drug-likeness (QED) is 0.164. The predicted octanol–water partition coefficient (Wildman–Crippen LogP) is 15.0. The Balaban J connectivity index is 1.15. The maximum atomic E-state index is 6.79. The van der Waals surface area contributed by atoms with Gasteiger partial charge in [0.2, 0.25) is 5.89 Å². The van der Waals surface area contributed by atoms with Gasteiger partial charge in [0.1, 0.15) is 16.7 Å². The van der Waals surface area contributed by atoms with E-state index in [1.54, 1.807) is 0 Å². The molecule has 0 saturated carbocycles. The minimum absolute atomic E-state index is 0.545. The Hall–Kier alpha value is -7.69. The average Bonchev–Trinajstić information content (AvgIpc) is 3.88. The van der Waals surface area contributed by atoms with Gasteiger partial charge >= 0.3 is 0 Å². The number of hydrogen-bond acceptors (Lipinski definition) is 4. The van der Waals surface area contributed by atoms with Gasteiger partial charge in [-0.2, -0.15) is 0 Å². The van der Waals surface area contributed by atoms with E-state index in [9.17, 15) is 0 Å². The van der Waals surface area contributed by atoms with Crippen LogP contribution in [0.1, 0.15) is 0 Å². The van der Waals surface area contributed by atoms with E-state index in [-0.39, 0.29) is 0 Å². The molecule has 0 spiro atoms. The highest BCUT2D eigenvalue weighted by Gasteiger charge is 2.23. The summed E-state index contributed by atoms with van der Waals surface area (Å²) in [7, 11) is 0. The van der Waals surface area contributed by atoms with Crippen molar-refractivity contribution in [2.24, 2.45) is 0 Å². The summed E-state index contributed by atoms with van der Waals surface area (Å²) in [5.41, 5.74) is 14.0. The molecule has 4 nitrogen and oxygen atoms in total. The van der Waals surface area contributed by atoms with Crippen molar-refractivity contribution >= 4 is 60.9 Å². The second-order valence-corrected chi connectivity index (χ2v) is 14.4. The zero-order valence-corrected chi connectivity index (χ0v) is 30.8. The zero-order valence-electron chi connectivity index (χ0n) is 30.8. The lowest BCUT2D eigenvalue weighted by Gasteiger charge is -2.27. The minimum Gasteiger partial charge on any atom is -0.455 e. The Kier molecular flexibility index (Phi) is 7.78.